The lowest BCUT2D eigenvalue weighted by atomic mass is 9.94. The van der Waals surface area contributed by atoms with Gasteiger partial charge in [-0.05, 0) is 25.0 Å². The lowest BCUT2D eigenvalue weighted by Gasteiger charge is -2.19. The van der Waals surface area contributed by atoms with Gasteiger partial charge in [0, 0.05) is 17.5 Å². The average Bonchev–Trinajstić information content (AvgIpc) is 3.09. The van der Waals surface area contributed by atoms with Crippen LogP contribution in [0.2, 0.25) is 0 Å². The minimum atomic E-state index is -0.263. The normalized spacial score (nSPS) is 17.0. The number of hydrogen-bond donors (Lipinski definition) is 1. The van der Waals surface area contributed by atoms with E-state index in [1.165, 1.54) is 13.2 Å². The highest BCUT2D eigenvalue weighted by Crippen LogP contribution is 2.53. The van der Waals surface area contributed by atoms with Gasteiger partial charge < -0.3 is 15.2 Å². The quantitative estimate of drug-likeness (QED) is 0.850. The van der Waals surface area contributed by atoms with Gasteiger partial charge in [0.2, 0.25) is 0 Å². The molecule has 0 unspecified atom stereocenters. The Balaban J connectivity index is 2.57. The first-order valence-electron chi connectivity index (χ1n) is 5.29. The molecule has 0 heterocycles. The Morgan fingerprint density at radius 3 is 2.44 bits per heavy atom. The second kappa shape index (κ2) is 3.94. The molecule has 16 heavy (non-hydrogen) atoms. The molecule has 1 aliphatic carbocycles. The van der Waals surface area contributed by atoms with Crippen molar-refractivity contribution in [3.05, 3.63) is 23.5 Å². The van der Waals surface area contributed by atoms with Crippen molar-refractivity contribution in [2.45, 2.75) is 18.3 Å². The third kappa shape index (κ3) is 1.53. The molecule has 4 heteroatoms. The molecule has 3 nitrogen and oxygen atoms in total. The van der Waals surface area contributed by atoms with Gasteiger partial charge in [-0.25, -0.2) is 4.39 Å². The molecule has 0 atom stereocenters. The monoisotopic (exact) mass is 225 g/mol. The maximum atomic E-state index is 13.9. The van der Waals surface area contributed by atoms with Crippen molar-refractivity contribution in [2.24, 2.45) is 5.73 Å². The minimum absolute atomic E-state index is 0.246. The zero-order chi connectivity index (χ0) is 11.8. The Morgan fingerprint density at radius 2 is 2.00 bits per heavy atom. The molecule has 1 aromatic carbocycles. The molecular formula is C12H16FNO2. The summed E-state index contributed by atoms with van der Waals surface area (Å²) in [6.45, 7) is 0.438. The number of hydrogen-bond acceptors (Lipinski definition) is 3. The van der Waals surface area contributed by atoms with E-state index in [-0.39, 0.29) is 11.2 Å². The van der Waals surface area contributed by atoms with Crippen molar-refractivity contribution in [2.75, 3.05) is 20.8 Å². The van der Waals surface area contributed by atoms with Gasteiger partial charge in [0.25, 0.3) is 0 Å². The maximum absolute atomic E-state index is 13.9. The number of benzene rings is 1. The topological polar surface area (TPSA) is 44.5 Å². The number of rotatable bonds is 4. The molecule has 0 radical (unpaired) electrons. The van der Waals surface area contributed by atoms with E-state index in [1.807, 2.05) is 0 Å². The lowest BCUT2D eigenvalue weighted by molar-refractivity contribution is 0.344. The van der Waals surface area contributed by atoms with Crippen LogP contribution in [0.1, 0.15) is 18.4 Å². The Labute approximate surface area is 94.3 Å². The molecule has 0 saturated heterocycles. The Kier molecular flexibility index (Phi) is 2.76. The zero-order valence-corrected chi connectivity index (χ0v) is 9.55. The molecule has 0 amide bonds. The van der Waals surface area contributed by atoms with Gasteiger partial charge >= 0.3 is 0 Å². The van der Waals surface area contributed by atoms with Crippen molar-refractivity contribution in [1.82, 2.24) is 0 Å². The molecule has 1 saturated carbocycles. The highest BCUT2D eigenvalue weighted by atomic mass is 19.1. The van der Waals surface area contributed by atoms with Gasteiger partial charge in [-0.2, -0.15) is 0 Å². The number of halogens is 1. The number of nitrogens with two attached hydrogens (primary N) is 1. The Bertz CT molecular complexity index is 402. The van der Waals surface area contributed by atoms with Crippen molar-refractivity contribution >= 4 is 0 Å². The third-order valence-electron chi connectivity index (χ3n) is 3.27. The molecule has 0 bridgehead atoms. The highest BCUT2D eigenvalue weighted by molar-refractivity contribution is 5.53. The summed E-state index contributed by atoms with van der Waals surface area (Å²) in [5.41, 5.74) is 6.04. The van der Waals surface area contributed by atoms with E-state index >= 15 is 0 Å². The van der Waals surface area contributed by atoms with Crippen molar-refractivity contribution in [3.8, 4) is 11.5 Å². The van der Waals surface area contributed by atoms with Crippen LogP contribution >= 0.6 is 0 Å². The van der Waals surface area contributed by atoms with E-state index < -0.39 is 0 Å². The van der Waals surface area contributed by atoms with Crippen LogP contribution in [-0.4, -0.2) is 20.8 Å². The van der Waals surface area contributed by atoms with E-state index in [1.54, 1.807) is 13.2 Å². The molecule has 2 rings (SSSR count). The Hall–Kier alpha value is -1.29. The van der Waals surface area contributed by atoms with E-state index in [9.17, 15) is 4.39 Å². The summed E-state index contributed by atoms with van der Waals surface area (Å²) in [6.07, 6.45) is 1.81. The van der Waals surface area contributed by atoms with Crippen LogP contribution in [0.3, 0.4) is 0 Å². The molecular weight excluding hydrogens is 209 g/mol. The van der Waals surface area contributed by atoms with Crippen LogP contribution in [0, 0.1) is 5.82 Å². The standard InChI is InChI=1S/C12H16FNO2/c1-15-9-4-3-8(13)10(11(9)16-2)12(7-14)5-6-12/h3-4H,5-7,14H2,1-2H3. The van der Waals surface area contributed by atoms with Gasteiger partial charge in [-0.1, -0.05) is 0 Å². The zero-order valence-electron chi connectivity index (χ0n) is 9.55. The molecule has 1 fully saturated rings. The summed E-state index contributed by atoms with van der Waals surface area (Å²) in [6, 6.07) is 2.98. The van der Waals surface area contributed by atoms with Gasteiger partial charge in [-0.15, -0.1) is 0 Å². The Morgan fingerprint density at radius 1 is 1.31 bits per heavy atom. The summed E-state index contributed by atoms with van der Waals surface area (Å²) < 4.78 is 24.3. The van der Waals surface area contributed by atoms with Crippen LogP contribution < -0.4 is 15.2 Å². The smallest absolute Gasteiger partial charge is 0.167 e. The molecule has 88 valence electrons. The summed E-state index contributed by atoms with van der Waals surface area (Å²) in [4.78, 5) is 0. The fraction of sp³-hybridized carbons (Fsp3) is 0.500. The molecule has 0 aliphatic heterocycles. The first kappa shape index (κ1) is 11.2. The summed E-state index contributed by atoms with van der Waals surface area (Å²) in [5, 5.41) is 0. The van der Waals surface area contributed by atoms with E-state index in [4.69, 9.17) is 15.2 Å². The first-order valence-corrected chi connectivity index (χ1v) is 5.29. The van der Waals surface area contributed by atoms with Crippen molar-refractivity contribution in [1.29, 1.82) is 0 Å². The van der Waals surface area contributed by atoms with Crippen molar-refractivity contribution in [3.63, 3.8) is 0 Å². The van der Waals surface area contributed by atoms with Gasteiger partial charge in [0.1, 0.15) is 5.82 Å². The maximum Gasteiger partial charge on any atom is 0.167 e. The summed E-state index contributed by atoms with van der Waals surface area (Å²) >= 11 is 0. The molecule has 2 N–H and O–H groups in total. The predicted octanol–water partition coefficient (Wildman–Crippen LogP) is 1.83. The molecule has 0 aromatic heterocycles. The van der Waals surface area contributed by atoms with Gasteiger partial charge in [0.15, 0.2) is 11.5 Å². The fourth-order valence-electron chi connectivity index (χ4n) is 2.10. The highest BCUT2D eigenvalue weighted by Gasteiger charge is 2.47. The summed E-state index contributed by atoms with van der Waals surface area (Å²) in [5.74, 6) is 0.768. The predicted molar refractivity (Wildman–Crippen MR) is 59.5 cm³/mol. The van der Waals surface area contributed by atoms with E-state index in [2.05, 4.69) is 0 Å². The second-order valence-electron chi connectivity index (χ2n) is 4.14. The number of ether oxygens (including phenoxy) is 2. The van der Waals surface area contributed by atoms with Crippen molar-refractivity contribution < 1.29 is 13.9 Å². The third-order valence-corrected chi connectivity index (χ3v) is 3.27. The number of methoxy groups -OCH3 is 2. The van der Waals surface area contributed by atoms with E-state index in [0.717, 1.165) is 12.8 Å². The lowest BCUT2D eigenvalue weighted by Crippen LogP contribution is -2.22. The minimum Gasteiger partial charge on any atom is -0.493 e. The molecule has 1 aliphatic rings. The van der Waals surface area contributed by atoms with Gasteiger partial charge in [-0.3, -0.25) is 0 Å². The summed E-state index contributed by atoms with van der Waals surface area (Å²) in [7, 11) is 3.06. The molecule has 0 spiro atoms. The fourth-order valence-corrected chi connectivity index (χ4v) is 2.10. The van der Waals surface area contributed by atoms with Crippen LogP contribution in [0.4, 0.5) is 4.39 Å². The second-order valence-corrected chi connectivity index (χ2v) is 4.14. The average molecular weight is 225 g/mol. The largest absolute Gasteiger partial charge is 0.493 e. The van der Waals surface area contributed by atoms with Crippen LogP contribution in [0.5, 0.6) is 11.5 Å². The first-order chi connectivity index (χ1) is 7.68. The van der Waals surface area contributed by atoms with E-state index in [0.29, 0.717) is 23.6 Å². The van der Waals surface area contributed by atoms with Crippen LogP contribution in [0.15, 0.2) is 12.1 Å². The van der Waals surface area contributed by atoms with Crippen LogP contribution in [0.25, 0.3) is 0 Å². The SMILES string of the molecule is COc1ccc(F)c(C2(CN)CC2)c1OC. The molecule has 1 aromatic rings. The van der Waals surface area contributed by atoms with Crippen LogP contribution in [-0.2, 0) is 5.41 Å². The van der Waals surface area contributed by atoms with Gasteiger partial charge in [0.05, 0.1) is 14.2 Å².